The Labute approximate surface area is 155 Å². The van der Waals surface area contributed by atoms with Gasteiger partial charge in [0.2, 0.25) is 5.13 Å². The number of hydrogen-bond acceptors (Lipinski definition) is 6. The minimum absolute atomic E-state index is 0.258. The number of amides is 1. The summed E-state index contributed by atoms with van der Waals surface area (Å²) in [6, 6.07) is 10.2. The van der Waals surface area contributed by atoms with Crippen LogP contribution in [0.25, 0.3) is 0 Å². The summed E-state index contributed by atoms with van der Waals surface area (Å²) in [7, 11) is 0. The van der Waals surface area contributed by atoms with E-state index in [2.05, 4.69) is 57.0 Å². The van der Waals surface area contributed by atoms with Crippen LogP contribution >= 0.6 is 11.3 Å². The van der Waals surface area contributed by atoms with Gasteiger partial charge in [-0.1, -0.05) is 41.7 Å². The molecule has 4 rings (SSSR count). The largest absolute Gasteiger partial charge is 0.312 e. The molecule has 0 unspecified atom stereocenters. The molecule has 3 N–H and O–H groups in total. The Hall–Kier alpha value is -2.58. The molecular formula is C18H20N6OS. The van der Waals surface area contributed by atoms with Crippen molar-refractivity contribution in [1.29, 1.82) is 0 Å². The first-order valence-electron chi connectivity index (χ1n) is 8.53. The fraction of sp³-hybridized carbons (Fsp3) is 0.333. The van der Waals surface area contributed by atoms with Crippen LogP contribution in [0.4, 0.5) is 5.13 Å². The SMILES string of the molecule is CC(C)(c1ccccc1)c1nnc(NC(=O)c2n[nH]c3c2CNCC3)s1. The molecule has 26 heavy (non-hydrogen) atoms. The normalized spacial score (nSPS) is 14.1. The number of fused-ring (bicyclic) bond motifs is 1. The molecule has 0 fully saturated rings. The van der Waals surface area contributed by atoms with Crippen molar-refractivity contribution < 1.29 is 4.79 Å². The van der Waals surface area contributed by atoms with Gasteiger partial charge < -0.3 is 5.32 Å². The maximum atomic E-state index is 12.6. The highest BCUT2D eigenvalue weighted by Crippen LogP contribution is 2.34. The molecule has 3 heterocycles. The molecule has 3 aromatic rings. The lowest BCUT2D eigenvalue weighted by atomic mass is 9.85. The third-order valence-electron chi connectivity index (χ3n) is 4.70. The lowest BCUT2D eigenvalue weighted by Gasteiger charge is -2.21. The van der Waals surface area contributed by atoms with Crippen molar-refractivity contribution in [2.45, 2.75) is 32.2 Å². The van der Waals surface area contributed by atoms with Crippen molar-refractivity contribution in [3.8, 4) is 0 Å². The van der Waals surface area contributed by atoms with E-state index in [1.165, 1.54) is 11.3 Å². The van der Waals surface area contributed by atoms with Gasteiger partial charge in [-0.05, 0) is 19.4 Å². The highest BCUT2D eigenvalue weighted by molar-refractivity contribution is 7.15. The molecule has 0 saturated heterocycles. The second-order valence-electron chi connectivity index (χ2n) is 6.81. The van der Waals surface area contributed by atoms with Crippen molar-refractivity contribution in [2.75, 3.05) is 11.9 Å². The van der Waals surface area contributed by atoms with Crippen molar-refractivity contribution in [2.24, 2.45) is 0 Å². The van der Waals surface area contributed by atoms with Gasteiger partial charge in [0.15, 0.2) is 5.69 Å². The molecule has 0 bridgehead atoms. The van der Waals surface area contributed by atoms with Crippen LogP contribution in [-0.2, 0) is 18.4 Å². The van der Waals surface area contributed by atoms with Crippen molar-refractivity contribution in [3.63, 3.8) is 0 Å². The number of carbonyl (C=O) groups is 1. The van der Waals surface area contributed by atoms with Crippen LogP contribution in [0.5, 0.6) is 0 Å². The van der Waals surface area contributed by atoms with Crippen LogP contribution in [0.1, 0.15) is 46.2 Å². The standard InChI is InChI=1S/C18H20N6OS/c1-18(2,11-6-4-3-5-7-11)16-23-24-17(26-16)20-15(25)14-12-10-19-9-8-13(12)21-22-14/h3-7,19H,8-10H2,1-2H3,(H,21,22)(H,20,24,25). The van der Waals surface area contributed by atoms with Crippen molar-refractivity contribution in [3.05, 3.63) is 57.9 Å². The number of benzene rings is 1. The summed E-state index contributed by atoms with van der Waals surface area (Å²) >= 11 is 1.39. The summed E-state index contributed by atoms with van der Waals surface area (Å²) in [5, 5.41) is 23.0. The van der Waals surface area contributed by atoms with E-state index in [4.69, 9.17) is 0 Å². The third-order valence-corrected chi connectivity index (χ3v) is 5.86. The predicted molar refractivity (Wildman–Crippen MR) is 100 cm³/mol. The number of anilines is 1. The fourth-order valence-electron chi connectivity index (χ4n) is 3.07. The summed E-state index contributed by atoms with van der Waals surface area (Å²) in [5.74, 6) is -0.258. The van der Waals surface area contributed by atoms with E-state index in [1.807, 2.05) is 18.2 Å². The third kappa shape index (κ3) is 3.02. The number of aromatic nitrogens is 4. The van der Waals surface area contributed by atoms with E-state index in [-0.39, 0.29) is 11.3 Å². The Morgan fingerprint density at radius 2 is 2.04 bits per heavy atom. The molecule has 0 atom stereocenters. The van der Waals surface area contributed by atoms with Gasteiger partial charge in [0.1, 0.15) is 5.01 Å². The molecule has 0 radical (unpaired) electrons. The molecule has 0 aliphatic carbocycles. The van der Waals surface area contributed by atoms with Gasteiger partial charge in [0.25, 0.3) is 5.91 Å². The van der Waals surface area contributed by atoms with Crippen LogP contribution in [0.3, 0.4) is 0 Å². The number of aromatic amines is 1. The first kappa shape index (κ1) is 16.9. The molecule has 1 amide bonds. The Balaban J connectivity index is 1.54. The molecule has 1 aromatic carbocycles. The lowest BCUT2D eigenvalue weighted by Crippen LogP contribution is -2.25. The first-order chi connectivity index (χ1) is 12.6. The van der Waals surface area contributed by atoms with Crippen LogP contribution in [0.2, 0.25) is 0 Å². The molecule has 8 heteroatoms. The Kier molecular flexibility index (Phi) is 4.29. The number of H-pyrrole nitrogens is 1. The number of carbonyl (C=O) groups excluding carboxylic acids is 1. The van der Waals surface area contributed by atoms with Gasteiger partial charge >= 0.3 is 0 Å². The van der Waals surface area contributed by atoms with Gasteiger partial charge in [-0.2, -0.15) is 5.10 Å². The quantitative estimate of drug-likeness (QED) is 0.658. The maximum absolute atomic E-state index is 12.6. The molecule has 0 saturated carbocycles. The van der Waals surface area contributed by atoms with Crippen LogP contribution in [-0.4, -0.2) is 32.8 Å². The van der Waals surface area contributed by atoms with E-state index in [0.717, 1.165) is 34.8 Å². The van der Waals surface area contributed by atoms with Crippen molar-refractivity contribution in [1.82, 2.24) is 25.7 Å². The van der Waals surface area contributed by atoms with E-state index < -0.39 is 0 Å². The molecule has 2 aromatic heterocycles. The number of rotatable bonds is 4. The van der Waals surface area contributed by atoms with Crippen LogP contribution in [0.15, 0.2) is 30.3 Å². The second-order valence-corrected chi connectivity index (χ2v) is 7.79. The second kappa shape index (κ2) is 6.62. The van der Waals surface area contributed by atoms with E-state index >= 15 is 0 Å². The van der Waals surface area contributed by atoms with E-state index in [1.54, 1.807) is 0 Å². The highest BCUT2D eigenvalue weighted by atomic mass is 32.1. The zero-order chi connectivity index (χ0) is 18.1. The van der Waals surface area contributed by atoms with Crippen molar-refractivity contribution >= 4 is 22.4 Å². The Morgan fingerprint density at radius 3 is 2.85 bits per heavy atom. The van der Waals surface area contributed by atoms with Gasteiger partial charge in [-0.3, -0.25) is 15.2 Å². The lowest BCUT2D eigenvalue weighted by molar-refractivity contribution is 0.102. The maximum Gasteiger partial charge on any atom is 0.278 e. The first-order valence-corrected chi connectivity index (χ1v) is 9.35. The summed E-state index contributed by atoms with van der Waals surface area (Å²) in [6.07, 6.45) is 0.851. The minimum Gasteiger partial charge on any atom is -0.312 e. The number of nitrogens with one attached hydrogen (secondary N) is 3. The topological polar surface area (TPSA) is 95.6 Å². The highest BCUT2D eigenvalue weighted by Gasteiger charge is 2.28. The van der Waals surface area contributed by atoms with Gasteiger partial charge in [-0.15, -0.1) is 10.2 Å². The molecule has 1 aliphatic rings. The zero-order valence-electron chi connectivity index (χ0n) is 14.7. The molecule has 0 spiro atoms. The van der Waals surface area contributed by atoms with E-state index in [9.17, 15) is 4.79 Å². The predicted octanol–water partition coefficient (Wildman–Crippen LogP) is 2.49. The summed E-state index contributed by atoms with van der Waals surface area (Å²) in [5.41, 5.74) is 3.25. The molecule has 1 aliphatic heterocycles. The molecule has 134 valence electrons. The average Bonchev–Trinajstić information content (AvgIpc) is 3.29. The fourth-order valence-corrected chi connectivity index (χ4v) is 3.94. The monoisotopic (exact) mass is 368 g/mol. The van der Waals surface area contributed by atoms with Crippen LogP contribution in [0, 0.1) is 0 Å². The van der Waals surface area contributed by atoms with E-state index in [0.29, 0.717) is 17.4 Å². The number of hydrogen-bond donors (Lipinski definition) is 3. The summed E-state index contributed by atoms with van der Waals surface area (Å²) in [4.78, 5) is 12.6. The van der Waals surface area contributed by atoms with Gasteiger partial charge in [0, 0.05) is 36.2 Å². The smallest absolute Gasteiger partial charge is 0.278 e. The Bertz CT molecular complexity index is 930. The number of nitrogens with zero attached hydrogens (tertiary/aromatic N) is 3. The Morgan fingerprint density at radius 1 is 1.23 bits per heavy atom. The van der Waals surface area contributed by atoms with Gasteiger partial charge in [0.05, 0.1) is 0 Å². The summed E-state index contributed by atoms with van der Waals surface area (Å²) in [6.45, 7) is 5.75. The van der Waals surface area contributed by atoms with Crippen LogP contribution < -0.4 is 10.6 Å². The van der Waals surface area contributed by atoms with Gasteiger partial charge in [-0.25, -0.2) is 0 Å². The minimum atomic E-state index is -0.280. The molecule has 7 nitrogen and oxygen atoms in total. The average molecular weight is 368 g/mol. The molecular weight excluding hydrogens is 348 g/mol. The zero-order valence-corrected chi connectivity index (χ0v) is 15.5. The summed E-state index contributed by atoms with van der Waals surface area (Å²) < 4.78 is 0.